The number of hydrogen-bond acceptors (Lipinski definition) is 4. The van der Waals surface area contributed by atoms with Gasteiger partial charge in [0, 0.05) is 35.7 Å². The number of hydrogen-bond donors (Lipinski definition) is 1. The van der Waals surface area contributed by atoms with Crippen LogP contribution in [0.15, 0.2) is 48.7 Å². The molecule has 1 amide bonds. The fourth-order valence-corrected chi connectivity index (χ4v) is 6.34. The van der Waals surface area contributed by atoms with E-state index in [-0.39, 0.29) is 17.4 Å². The average molecular weight is 570 g/mol. The monoisotopic (exact) mass is 568 g/mol. The zero-order chi connectivity index (χ0) is 26.8. The number of benzene rings is 2. The van der Waals surface area contributed by atoms with Gasteiger partial charge in [-0.05, 0) is 42.2 Å². The Morgan fingerprint density at radius 3 is 2.66 bits per heavy atom. The van der Waals surface area contributed by atoms with Crippen molar-refractivity contribution < 1.29 is 9.53 Å². The minimum Gasteiger partial charge on any atom is -0.493 e. The van der Waals surface area contributed by atoms with E-state index in [9.17, 15) is 4.79 Å². The third-order valence-electron chi connectivity index (χ3n) is 7.28. The van der Waals surface area contributed by atoms with Crippen molar-refractivity contribution in [3.63, 3.8) is 0 Å². The zero-order valence-electron chi connectivity index (χ0n) is 21.3. The lowest BCUT2D eigenvalue weighted by molar-refractivity contribution is 0.0924. The molecule has 2 aromatic carbocycles. The molecule has 9 heteroatoms. The number of rotatable bonds is 4. The van der Waals surface area contributed by atoms with Crippen LogP contribution in [0, 0.1) is 12.3 Å². The molecule has 1 saturated heterocycles. The molecule has 6 rings (SSSR count). The minimum atomic E-state index is -0.161. The Kier molecular flexibility index (Phi) is 6.25. The summed E-state index contributed by atoms with van der Waals surface area (Å²) in [5, 5.41) is 9.25. The molecule has 0 saturated carbocycles. The summed E-state index contributed by atoms with van der Waals surface area (Å²) in [6.45, 7) is 8.66. The maximum absolute atomic E-state index is 13.8. The van der Waals surface area contributed by atoms with Crippen molar-refractivity contribution in [1.29, 1.82) is 0 Å². The van der Waals surface area contributed by atoms with Crippen LogP contribution in [0.4, 0.5) is 5.69 Å². The molecule has 0 spiro atoms. The Balaban J connectivity index is 1.47. The first-order valence-electron chi connectivity index (χ1n) is 12.6. The van der Waals surface area contributed by atoms with Gasteiger partial charge in [-0.3, -0.25) is 4.79 Å². The van der Waals surface area contributed by atoms with Crippen molar-refractivity contribution in [2.24, 2.45) is 5.41 Å². The predicted octanol–water partition coefficient (Wildman–Crippen LogP) is 7.37. The van der Waals surface area contributed by atoms with Gasteiger partial charge in [-0.15, -0.1) is 0 Å². The van der Waals surface area contributed by atoms with Crippen LogP contribution in [0.3, 0.4) is 0 Å². The number of nitrogens with one attached hydrogen (secondary N) is 1. The molecule has 2 aromatic heterocycles. The number of carbonyl (C=O) groups is 1. The molecule has 4 aromatic rings. The molecule has 196 valence electrons. The van der Waals surface area contributed by atoms with Gasteiger partial charge >= 0.3 is 0 Å². The number of aryl methyl sites for hydroxylation is 1. The van der Waals surface area contributed by atoms with Gasteiger partial charge in [0.1, 0.15) is 5.75 Å². The second-order valence-electron chi connectivity index (χ2n) is 10.9. The summed E-state index contributed by atoms with van der Waals surface area (Å²) in [6.07, 6.45) is 2.35. The normalized spacial score (nSPS) is 18.1. The molecule has 4 heterocycles. The Bertz CT molecular complexity index is 1590. The quantitative estimate of drug-likeness (QED) is 0.261. The van der Waals surface area contributed by atoms with E-state index in [4.69, 9.17) is 44.6 Å². The highest BCUT2D eigenvalue weighted by Gasteiger charge is 2.38. The summed E-state index contributed by atoms with van der Waals surface area (Å²) in [7, 11) is 0. The number of anilines is 1. The van der Waals surface area contributed by atoms with Crippen molar-refractivity contribution in [1.82, 2.24) is 14.9 Å². The summed E-state index contributed by atoms with van der Waals surface area (Å²) >= 11 is 19.3. The van der Waals surface area contributed by atoms with E-state index in [2.05, 4.69) is 30.1 Å². The lowest BCUT2D eigenvalue weighted by Gasteiger charge is -2.48. The number of aromatic nitrogens is 2. The summed E-state index contributed by atoms with van der Waals surface area (Å²) in [6, 6.07) is 13.2. The van der Waals surface area contributed by atoms with E-state index in [0.717, 1.165) is 46.9 Å². The van der Waals surface area contributed by atoms with E-state index < -0.39 is 0 Å². The summed E-state index contributed by atoms with van der Waals surface area (Å²) in [4.78, 5) is 16.1. The largest absolute Gasteiger partial charge is 0.493 e. The second-order valence-corrected chi connectivity index (χ2v) is 12.1. The maximum atomic E-state index is 13.8. The van der Waals surface area contributed by atoms with E-state index in [1.807, 2.05) is 35.7 Å². The molecular formula is C29H27Cl3N4O2. The highest BCUT2D eigenvalue weighted by atomic mass is 35.5. The molecule has 1 N–H and O–H groups in total. The van der Waals surface area contributed by atoms with Crippen LogP contribution < -0.4 is 15.0 Å². The van der Waals surface area contributed by atoms with Crippen LogP contribution in [0.1, 0.15) is 47.8 Å². The molecule has 0 aliphatic carbocycles. The first-order valence-corrected chi connectivity index (χ1v) is 13.7. The van der Waals surface area contributed by atoms with Crippen molar-refractivity contribution in [3.8, 4) is 17.0 Å². The standard InChI is InChI=1S/C29H27Cl3N4O2/c1-16-10-23-27(35-14-29(2,3)15-35)20(28(37)34-22-8-9-38-24-7-5-4-6-18(22)24)13-33-36(23)26(16)19-11-17(30)12-21(31)25(19)32/h4-7,10-13,22H,8-9,14-15H2,1-3H3,(H,34,37)/t22-/m0/s1. The Hall–Kier alpha value is -2.93. The van der Waals surface area contributed by atoms with Gasteiger partial charge < -0.3 is 15.0 Å². The van der Waals surface area contributed by atoms with Crippen LogP contribution in [0.2, 0.25) is 15.1 Å². The average Bonchev–Trinajstić information content (AvgIpc) is 3.20. The van der Waals surface area contributed by atoms with Crippen LogP contribution in [0.25, 0.3) is 16.8 Å². The van der Waals surface area contributed by atoms with Crippen molar-refractivity contribution >= 4 is 51.9 Å². The predicted molar refractivity (Wildman–Crippen MR) is 153 cm³/mol. The van der Waals surface area contributed by atoms with Crippen molar-refractivity contribution in [2.45, 2.75) is 33.2 Å². The molecule has 2 aliphatic rings. The Morgan fingerprint density at radius 2 is 1.89 bits per heavy atom. The molecule has 6 nitrogen and oxygen atoms in total. The highest BCUT2D eigenvalue weighted by Crippen LogP contribution is 2.43. The van der Waals surface area contributed by atoms with Gasteiger partial charge in [0.05, 0.1) is 51.4 Å². The molecule has 2 aliphatic heterocycles. The van der Waals surface area contributed by atoms with Crippen LogP contribution in [-0.4, -0.2) is 35.2 Å². The summed E-state index contributed by atoms with van der Waals surface area (Å²) in [5.74, 6) is 0.650. The van der Waals surface area contributed by atoms with Crippen molar-refractivity contribution in [3.05, 3.63) is 80.4 Å². The van der Waals surface area contributed by atoms with E-state index in [1.54, 1.807) is 18.3 Å². The maximum Gasteiger partial charge on any atom is 0.255 e. The second kappa shape index (κ2) is 9.37. The molecule has 0 bridgehead atoms. The molecule has 1 fully saturated rings. The minimum absolute atomic E-state index is 0.138. The Labute approximate surface area is 236 Å². The molecule has 1 atom stereocenters. The number of amides is 1. The van der Waals surface area contributed by atoms with Gasteiger partial charge in [0.25, 0.3) is 5.91 Å². The molecule has 0 radical (unpaired) electrons. The number of halogens is 3. The molecular weight excluding hydrogens is 543 g/mol. The topological polar surface area (TPSA) is 58.9 Å². The third kappa shape index (κ3) is 4.29. The number of nitrogens with zero attached hydrogens (tertiary/aromatic N) is 3. The van der Waals surface area contributed by atoms with Crippen LogP contribution in [0.5, 0.6) is 5.75 Å². The first-order chi connectivity index (χ1) is 18.1. The zero-order valence-corrected chi connectivity index (χ0v) is 23.6. The number of carbonyl (C=O) groups excluding carboxylic acids is 1. The SMILES string of the molecule is Cc1cc2c(N3CC(C)(C)C3)c(C(=O)N[C@H]3CCOc4ccccc43)cnn2c1-c1cc(Cl)cc(Cl)c1Cl. The van der Waals surface area contributed by atoms with Gasteiger partial charge in [-0.25, -0.2) is 4.52 Å². The van der Waals surface area contributed by atoms with E-state index in [0.29, 0.717) is 39.2 Å². The fraction of sp³-hybridized carbons (Fsp3) is 0.310. The third-order valence-corrected chi connectivity index (χ3v) is 8.30. The Morgan fingerprint density at radius 1 is 1.13 bits per heavy atom. The number of ether oxygens (including phenoxy) is 1. The molecule has 0 unspecified atom stereocenters. The lowest BCUT2D eigenvalue weighted by atomic mass is 9.83. The van der Waals surface area contributed by atoms with E-state index in [1.165, 1.54) is 0 Å². The highest BCUT2D eigenvalue weighted by molar-refractivity contribution is 6.45. The smallest absolute Gasteiger partial charge is 0.255 e. The summed E-state index contributed by atoms with van der Waals surface area (Å²) < 4.78 is 7.63. The van der Waals surface area contributed by atoms with Crippen LogP contribution >= 0.6 is 34.8 Å². The molecule has 38 heavy (non-hydrogen) atoms. The van der Waals surface area contributed by atoms with Gasteiger partial charge in [-0.2, -0.15) is 5.10 Å². The van der Waals surface area contributed by atoms with Gasteiger partial charge in [0.2, 0.25) is 0 Å². The number of fused-ring (bicyclic) bond motifs is 2. The van der Waals surface area contributed by atoms with Gasteiger partial charge in [0.15, 0.2) is 0 Å². The van der Waals surface area contributed by atoms with E-state index >= 15 is 0 Å². The fourth-order valence-electron chi connectivity index (χ4n) is 5.65. The summed E-state index contributed by atoms with van der Waals surface area (Å²) in [5.41, 5.74) is 5.81. The van der Waals surface area contributed by atoms with Crippen molar-refractivity contribution in [2.75, 3.05) is 24.6 Å². The lowest BCUT2D eigenvalue weighted by Crippen LogP contribution is -2.53. The first kappa shape index (κ1) is 25.4. The van der Waals surface area contributed by atoms with Crippen LogP contribution in [-0.2, 0) is 0 Å². The number of para-hydroxylation sites is 1. The van der Waals surface area contributed by atoms with Gasteiger partial charge in [-0.1, -0.05) is 66.8 Å².